The molecule has 0 unspecified atom stereocenters. The van der Waals surface area contributed by atoms with Crippen LogP contribution in [0.3, 0.4) is 0 Å². The van der Waals surface area contributed by atoms with Crippen molar-refractivity contribution >= 4 is 29.5 Å². The zero-order chi connectivity index (χ0) is 14.8. The molecule has 0 aromatic heterocycles. The van der Waals surface area contributed by atoms with Crippen molar-refractivity contribution in [2.24, 2.45) is 5.10 Å². The summed E-state index contributed by atoms with van der Waals surface area (Å²) < 4.78 is 5.15. The van der Waals surface area contributed by atoms with Crippen molar-refractivity contribution < 1.29 is 14.6 Å². The van der Waals surface area contributed by atoms with E-state index in [1.807, 2.05) is 13.0 Å². The molecule has 0 fully saturated rings. The molecule has 0 spiro atoms. The van der Waals surface area contributed by atoms with Crippen LogP contribution in [0.1, 0.15) is 18.9 Å². The van der Waals surface area contributed by atoms with Crippen LogP contribution in [-0.4, -0.2) is 35.6 Å². The van der Waals surface area contributed by atoms with E-state index in [1.165, 1.54) is 6.21 Å². The van der Waals surface area contributed by atoms with Crippen LogP contribution in [0.25, 0.3) is 0 Å². The molecular weight excluding hydrogens is 278 g/mol. The van der Waals surface area contributed by atoms with Gasteiger partial charge in [0.15, 0.2) is 11.7 Å². The number of ether oxygens (including phenoxy) is 1. The van der Waals surface area contributed by atoms with Gasteiger partial charge in [0.25, 0.3) is 0 Å². The first-order valence-electron chi connectivity index (χ1n) is 6.14. The minimum atomic E-state index is -1.03. The van der Waals surface area contributed by atoms with Crippen molar-refractivity contribution in [1.82, 2.24) is 10.7 Å². The number of hydrogen-bond acceptors (Lipinski definition) is 4. The van der Waals surface area contributed by atoms with Crippen LogP contribution in [-0.2, 0) is 4.79 Å². The Kier molecular flexibility index (Phi) is 7.05. The van der Waals surface area contributed by atoms with Gasteiger partial charge in [-0.05, 0) is 30.8 Å². The lowest BCUT2D eigenvalue weighted by Crippen LogP contribution is -2.32. The highest BCUT2D eigenvalue weighted by molar-refractivity contribution is 7.80. The van der Waals surface area contributed by atoms with Gasteiger partial charge in [-0.3, -0.25) is 5.43 Å². The Morgan fingerprint density at radius 2 is 2.25 bits per heavy atom. The second-order valence-corrected chi connectivity index (χ2v) is 4.25. The van der Waals surface area contributed by atoms with E-state index in [2.05, 4.69) is 15.8 Å². The van der Waals surface area contributed by atoms with Gasteiger partial charge < -0.3 is 15.2 Å². The Labute approximate surface area is 122 Å². The number of nitrogens with one attached hydrogen (secondary N) is 2. The first kappa shape index (κ1) is 15.9. The summed E-state index contributed by atoms with van der Waals surface area (Å²) in [4.78, 5) is 10.5. The SMILES string of the molecule is CCCNC(=S)N/N=C\c1ccccc1OCC(=O)O. The molecule has 20 heavy (non-hydrogen) atoms. The van der Waals surface area contributed by atoms with Gasteiger partial charge in [0.1, 0.15) is 5.75 Å². The van der Waals surface area contributed by atoms with Crippen LogP contribution < -0.4 is 15.5 Å². The van der Waals surface area contributed by atoms with E-state index in [0.717, 1.165) is 13.0 Å². The monoisotopic (exact) mass is 295 g/mol. The third-order valence-electron chi connectivity index (χ3n) is 2.18. The molecule has 0 heterocycles. The van der Waals surface area contributed by atoms with Crippen LogP contribution >= 0.6 is 12.2 Å². The lowest BCUT2D eigenvalue weighted by atomic mass is 10.2. The molecule has 0 aliphatic rings. The van der Waals surface area contributed by atoms with Crippen molar-refractivity contribution in [3.8, 4) is 5.75 Å². The number of aliphatic carboxylic acids is 1. The van der Waals surface area contributed by atoms with E-state index in [0.29, 0.717) is 16.4 Å². The topological polar surface area (TPSA) is 83.0 Å². The van der Waals surface area contributed by atoms with E-state index in [-0.39, 0.29) is 0 Å². The maximum absolute atomic E-state index is 10.5. The molecule has 0 bridgehead atoms. The number of thiocarbonyl (C=S) groups is 1. The number of rotatable bonds is 7. The molecule has 108 valence electrons. The summed E-state index contributed by atoms with van der Waals surface area (Å²) >= 11 is 5.01. The standard InChI is InChI=1S/C13H17N3O3S/c1-2-7-14-13(20)16-15-8-10-5-3-4-6-11(10)19-9-12(17)18/h3-6,8H,2,7,9H2,1H3,(H,17,18)(H2,14,16,20)/b15-8-. The van der Waals surface area contributed by atoms with Crippen molar-refractivity contribution in [3.63, 3.8) is 0 Å². The highest BCUT2D eigenvalue weighted by Gasteiger charge is 2.03. The fourth-order valence-electron chi connectivity index (χ4n) is 1.30. The van der Waals surface area contributed by atoms with Gasteiger partial charge >= 0.3 is 5.97 Å². The van der Waals surface area contributed by atoms with Crippen molar-refractivity contribution in [3.05, 3.63) is 29.8 Å². The maximum atomic E-state index is 10.5. The highest BCUT2D eigenvalue weighted by Crippen LogP contribution is 2.15. The number of nitrogens with zero attached hydrogens (tertiary/aromatic N) is 1. The Hall–Kier alpha value is -2.15. The summed E-state index contributed by atoms with van der Waals surface area (Å²) in [6, 6.07) is 7.01. The summed E-state index contributed by atoms with van der Waals surface area (Å²) in [5.41, 5.74) is 3.34. The van der Waals surface area contributed by atoms with Crippen molar-refractivity contribution in [2.75, 3.05) is 13.2 Å². The second kappa shape index (κ2) is 8.87. The number of para-hydroxylation sites is 1. The Bertz CT molecular complexity index is 492. The van der Waals surface area contributed by atoms with Crippen LogP contribution in [0.4, 0.5) is 0 Å². The molecule has 0 radical (unpaired) electrons. The van der Waals surface area contributed by atoms with Crippen LogP contribution in [0.15, 0.2) is 29.4 Å². The van der Waals surface area contributed by atoms with Gasteiger partial charge in [0, 0.05) is 12.1 Å². The smallest absolute Gasteiger partial charge is 0.341 e. The summed E-state index contributed by atoms with van der Waals surface area (Å²) in [7, 11) is 0. The number of hydrazone groups is 1. The minimum Gasteiger partial charge on any atom is -0.481 e. The Morgan fingerprint density at radius 3 is 2.95 bits per heavy atom. The third kappa shape index (κ3) is 6.14. The van der Waals surface area contributed by atoms with Gasteiger partial charge in [0.2, 0.25) is 0 Å². The van der Waals surface area contributed by atoms with Crippen molar-refractivity contribution in [2.45, 2.75) is 13.3 Å². The van der Waals surface area contributed by atoms with E-state index < -0.39 is 12.6 Å². The second-order valence-electron chi connectivity index (χ2n) is 3.85. The normalized spacial score (nSPS) is 10.2. The summed E-state index contributed by atoms with van der Waals surface area (Å²) in [6.45, 7) is 2.42. The van der Waals surface area contributed by atoms with Gasteiger partial charge in [0.05, 0.1) is 6.21 Å². The zero-order valence-corrected chi connectivity index (χ0v) is 11.9. The van der Waals surface area contributed by atoms with E-state index in [9.17, 15) is 4.79 Å². The molecule has 0 saturated heterocycles. The van der Waals surface area contributed by atoms with Crippen molar-refractivity contribution in [1.29, 1.82) is 0 Å². The molecule has 0 saturated carbocycles. The number of carboxylic acid groups (broad SMARTS) is 1. The molecule has 1 rings (SSSR count). The number of carboxylic acids is 1. The van der Waals surface area contributed by atoms with E-state index in [4.69, 9.17) is 22.1 Å². The van der Waals surface area contributed by atoms with E-state index >= 15 is 0 Å². The fraction of sp³-hybridized carbons (Fsp3) is 0.308. The average molecular weight is 295 g/mol. The zero-order valence-electron chi connectivity index (χ0n) is 11.1. The molecule has 1 aromatic rings. The first-order valence-corrected chi connectivity index (χ1v) is 6.54. The van der Waals surface area contributed by atoms with Crippen LogP contribution in [0.2, 0.25) is 0 Å². The largest absolute Gasteiger partial charge is 0.481 e. The van der Waals surface area contributed by atoms with Gasteiger partial charge in [-0.1, -0.05) is 19.1 Å². The lowest BCUT2D eigenvalue weighted by molar-refractivity contribution is -0.139. The maximum Gasteiger partial charge on any atom is 0.341 e. The number of carbonyl (C=O) groups is 1. The average Bonchev–Trinajstić information content (AvgIpc) is 2.44. The molecule has 6 nitrogen and oxygen atoms in total. The molecule has 0 amide bonds. The van der Waals surface area contributed by atoms with E-state index in [1.54, 1.807) is 18.2 Å². The minimum absolute atomic E-state index is 0.394. The molecular formula is C13H17N3O3S. The Morgan fingerprint density at radius 1 is 1.50 bits per heavy atom. The fourth-order valence-corrected chi connectivity index (χ4v) is 1.45. The molecule has 0 atom stereocenters. The predicted octanol–water partition coefficient (Wildman–Crippen LogP) is 1.36. The summed E-state index contributed by atoms with van der Waals surface area (Å²) in [5, 5.41) is 16.0. The molecule has 3 N–H and O–H groups in total. The van der Waals surface area contributed by atoms with Gasteiger partial charge in [-0.2, -0.15) is 5.10 Å². The number of benzene rings is 1. The molecule has 1 aromatic carbocycles. The van der Waals surface area contributed by atoms with Crippen LogP contribution in [0.5, 0.6) is 5.75 Å². The van der Waals surface area contributed by atoms with Crippen LogP contribution in [0, 0.1) is 0 Å². The highest BCUT2D eigenvalue weighted by atomic mass is 32.1. The third-order valence-corrected chi connectivity index (χ3v) is 2.41. The van der Waals surface area contributed by atoms with Gasteiger partial charge in [-0.15, -0.1) is 0 Å². The molecule has 7 heteroatoms. The quantitative estimate of drug-likeness (QED) is 0.400. The summed E-state index contributed by atoms with van der Waals surface area (Å²) in [5.74, 6) is -0.576. The predicted molar refractivity (Wildman–Crippen MR) is 81.2 cm³/mol. The summed E-state index contributed by atoms with van der Waals surface area (Å²) in [6.07, 6.45) is 2.49. The first-order chi connectivity index (χ1) is 9.63. The molecule has 0 aliphatic heterocycles. The number of hydrogen-bond donors (Lipinski definition) is 3. The van der Waals surface area contributed by atoms with Gasteiger partial charge in [-0.25, -0.2) is 4.79 Å². The Balaban J connectivity index is 2.58. The molecule has 0 aliphatic carbocycles. The lowest BCUT2D eigenvalue weighted by Gasteiger charge is -2.07.